The Morgan fingerprint density at radius 3 is 3.05 bits per heavy atom. The van der Waals surface area contributed by atoms with Gasteiger partial charge in [0.1, 0.15) is 0 Å². The van der Waals surface area contributed by atoms with Crippen LogP contribution in [0, 0.1) is 0 Å². The molecule has 1 aromatic heterocycles. The third kappa shape index (κ3) is 4.40. The number of aliphatic hydroxyl groups is 1. The average Bonchev–Trinajstić information content (AvgIpc) is 3.05. The molecule has 2 rings (SSSR count). The summed E-state index contributed by atoms with van der Waals surface area (Å²) in [6.07, 6.45) is 0.754. The molecule has 3 N–H and O–H groups in total. The Labute approximate surface area is 122 Å². The van der Waals surface area contributed by atoms with Crippen LogP contribution in [0.3, 0.4) is 0 Å². The fourth-order valence-electron chi connectivity index (χ4n) is 1.96. The van der Waals surface area contributed by atoms with Gasteiger partial charge in [-0.15, -0.1) is 11.3 Å². The second-order valence-electron chi connectivity index (χ2n) is 5.01. The minimum atomic E-state index is -0.721. The van der Waals surface area contributed by atoms with Gasteiger partial charge in [-0.05, 0) is 23.6 Å². The molecule has 1 fully saturated rings. The van der Waals surface area contributed by atoms with Crippen molar-refractivity contribution in [2.45, 2.75) is 24.9 Å². The van der Waals surface area contributed by atoms with E-state index in [0.717, 1.165) is 12.2 Å². The van der Waals surface area contributed by atoms with Crippen LogP contribution in [0.2, 0.25) is 0 Å². The highest BCUT2D eigenvalue weighted by Gasteiger charge is 2.31. The number of thiophene rings is 1. The van der Waals surface area contributed by atoms with E-state index in [9.17, 15) is 9.90 Å². The van der Waals surface area contributed by atoms with Crippen LogP contribution >= 0.6 is 23.1 Å². The van der Waals surface area contributed by atoms with E-state index in [4.69, 9.17) is 0 Å². The summed E-state index contributed by atoms with van der Waals surface area (Å²) in [4.78, 5) is 12.9. The summed E-state index contributed by atoms with van der Waals surface area (Å²) in [6.45, 7) is 3.03. The molecule has 0 bridgehead atoms. The highest BCUT2D eigenvalue weighted by Crippen LogP contribution is 2.26. The van der Waals surface area contributed by atoms with Crippen molar-refractivity contribution >= 4 is 29.1 Å². The van der Waals surface area contributed by atoms with E-state index in [2.05, 4.69) is 23.6 Å². The fraction of sp³-hybridized carbons (Fsp3) is 0.615. The lowest BCUT2D eigenvalue weighted by atomic mass is 10.0. The molecule has 2 unspecified atom stereocenters. The van der Waals surface area contributed by atoms with Crippen LogP contribution in [-0.4, -0.2) is 41.3 Å². The van der Waals surface area contributed by atoms with Gasteiger partial charge in [0.25, 0.3) is 0 Å². The summed E-state index contributed by atoms with van der Waals surface area (Å²) in [6, 6.07) is 3.89. The summed E-state index contributed by atoms with van der Waals surface area (Å²) in [7, 11) is 0. The molecular weight excluding hydrogens is 280 g/mol. The Morgan fingerprint density at radius 1 is 1.58 bits per heavy atom. The van der Waals surface area contributed by atoms with Crippen molar-refractivity contribution in [3.63, 3.8) is 0 Å². The van der Waals surface area contributed by atoms with Gasteiger partial charge < -0.3 is 15.7 Å². The van der Waals surface area contributed by atoms with Gasteiger partial charge in [-0.2, -0.15) is 11.8 Å². The molecule has 4 nitrogen and oxygen atoms in total. The van der Waals surface area contributed by atoms with Gasteiger partial charge in [-0.3, -0.25) is 0 Å². The first-order valence-electron chi connectivity index (χ1n) is 6.44. The molecule has 19 heavy (non-hydrogen) atoms. The Bertz CT molecular complexity index is 403. The second kappa shape index (κ2) is 6.63. The van der Waals surface area contributed by atoms with E-state index >= 15 is 0 Å². The van der Waals surface area contributed by atoms with Gasteiger partial charge in [0.15, 0.2) is 0 Å². The zero-order valence-electron chi connectivity index (χ0n) is 11.0. The van der Waals surface area contributed by atoms with Crippen molar-refractivity contribution < 1.29 is 9.90 Å². The molecule has 1 aliphatic rings. The zero-order chi connectivity index (χ0) is 13.7. The number of hydrogen-bond donors (Lipinski definition) is 3. The Kier molecular flexibility index (Phi) is 5.13. The van der Waals surface area contributed by atoms with Gasteiger partial charge in [0.05, 0.1) is 5.60 Å². The quantitative estimate of drug-likeness (QED) is 0.779. The van der Waals surface area contributed by atoms with Crippen molar-refractivity contribution in [3.8, 4) is 0 Å². The smallest absolute Gasteiger partial charge is 0.314 e. The van der Waals surface area contributed by atoms with Crippen molar-refractivity contribution in [1.29, 1.82) is 0 Å². The summed E-state index contributed by atoms with van der Waals surface area (Å²) >= 11 is 3.43. The summed E-state index contributed by atoms with van der Waals surface area (Å²) in [5, 5.41) is 17.8. The van der Waals surface area contributed by atoms with Crippen molar-refractivity contribution in [2.75, 3.05) is 24.6 Å². The second-order valence-corrected chi connectivity index (χ2v) is 7.09. The van der Waals surface area contributed by atoms with Crippen LogP contribution < -0.4 is 10.6 Å². The monoisotopic (exact) mass is 300 g/mol. The molecule has 2 heterocycles. The molecule has 6 heteroatoms. The van der Waals surface area contributed by atoms with Crippen LogP contribution in [0.1, 0.15) is 24.1 Å². The van der Waals surface area contributed by atoms with Gasteiger partial charge in [0, 0.05) is 29.6 Å². The lowest BCUT2D eigenvalue weighted by molar-refractivity contribution is 0.0700. The first-order chi connectivity index (χ1) is 9.09. The van der Waals surface area contributed by atoms with E-state index < -0.39 is 5.60 Å². The molecule has 0 aromatic carbocycles. The molecule has 106 valence electrons. The number of thioether (sulfide) groups is 1. The highest BCUT2D eigenvalue weighted by atomic mass is 32.2. The van der Waals surface area contributed by atoms with Crippen LogP contribution in [0.25, 0.3) is 0 Å². The van der Waals surface area contributed by atoms with E-state index in [-0.39, 0.29) is 6.03 Å². The summed E-state index contributed by atoms with van der Waals surface area (Å²) in [5.41, 5.74) is -0.721. The molecule has 0 aliphatic carbocycles. The largest absolute Gasteiger partial charge is 0.387 e. The predicted molar refractivity (Wildman–Crippen MR) is 81.0 cm³/mol. The number of hydrogen-bond acceptors (Lipinski definition) is 4. The lowest BCUT2D eigenvalue weighted by Crippen LogP contribution is -2.47. The number of amides is 2. The van der Waals surface area contributed by atoms with Crippen molar-refractivity contribution in [3.05, 3.63) is 22.4 Å². The molecule has 0 radical (unpaired) electrons. The number of nitrogens with one attached hydrogen (secondary N) is 2. The van der Waals surface area contributed by atoms with Gasteiger partial charge in [0.2, 0.25) is 0 Å². The third-order valence-electron chi connectivity index (χ3n) is 3.26. The molecule has 0 saturated carbocycles. The van der Waals surface area contributed by atoms with Crippen LogP contribution in [0.5, 0.6) is 0 Å². The zero-order valence-corrected chi connectivity index (χ0v) is 12.6. The SMILES string of the molecule is CC(CNC(=O)NCC1(O)CCSC1)c1cccs1. The topological polar surface area (TPSA) is 61.4 Å². The Balaban J connectivity index is 1.67. The number of carbonyl (C=O) groups is 1. The van der Waals surface area contributed by atoms with E-state index in [1.54, 1.807) is 23.1 Å². The van der Waals surface area contributed by atoms with Crippen LogP contribution in [0.4, 0.5) is 4.79 Å². The third-order valence-corrected chi connectivity index (χ3v) is 5.60. The van der Waals surface area contributed by atoms with Gasteiger partial charge in [-0.25, -0.2) is 4.79 Å². The molecule has 0 spiro atoms. The molecule has 2 amide bonds. The normalized spacial score (nSPS) is 24.1. The van der Waals surface area contributed by atoms with Gasteiger partial charge in [-0.1, -0.05) is 13.0 Å². The van der Waals surface area contributed by atoms with E-state index in [1.165, 1.54) is 4.88 Å². The van der Waals surface area contributed by atoms with Crippen LogP contribution in [0.15, 0.2) is 17.5 Å². The number of rotatable bonds is 5. The van der Waals surface area contributed by atoms with E-state index in [0.29, 0.717) is 24.8 Å². The molecule has 1 aliphatic heterocycles. The van der Waals surface area contributed by atoms with Crippen molar-refractivity contribution in [2.24, 2.45) is 0 Å². The van der Waals surface area contributed by atoms with Crippen LogP contribution in [-0.2, 0) is 0 Å². The standard InChI is InChI=1S/C13H20N2O2S2/c1-10(11-3-2-5-19-11)7-14-12(16)15-8-13(17)4-6-18-9-13/h2-3,5,10,17H,4,6-9H2,1H3,(H2,14,15,16). The minimum absolute atomic E-state index is 0.200. The minimum Gasteiger partial charge on any atom is -0.387 e. The molecule has 1 saturated heterocycles. The Morgan fingerprint density at radius 2 is 2.42 bits per heavy atom. The maximum absolute atomic E-state index is 11.7. The van der Waals surface area contributed by atoms with Gasteiger partial charge >= 0.3 is 6.03 Å². The summed E-state index contributed by atoms with van der Waals surface area (Å²) in [5.74, 6) is 1.99. The first kappa shape index (κ1) is 14.7. The predicted octanol–water partition coefficient (Wildman–Crippen LogP) is 2.02. The summed E-state index contributed by atoms with van der Waals surface area (Å²) < 4.78 is 0. The maximum Gasteiger partial charge on any atom is 0.314 e. The number of urea groups is 1. The molecular formula is C13H20N2O2S2. The molecule has 2 atom stereocenters. The molecule has 1 aromatic rings. The first-order valence-corrected chi connectivity index (χ1v) is 8.48. The highest BCUT2D eigenvalue weighted by molar-refractivity contribution is 7.99. The van der Waals surface area contributed by atoms with Crippen molar-refractivity contribution in [1.82, 2.24) is 10.6 Å². The number of carbonyl (C=O) groups excluding carboxylic acids is 1. The average molecular weight is 300 g/mol. The lowest BCUT2D eigenvalue weighted by Gasteiger charge is -2.22. The Hall–Kier alpha value is -0.720. The maximum atomic E-state index is 11.7. The van der Waals surface area contributed by atoms with E-state index in [1.807, 2.05) is 11.4 Å². The fourth-order valence-corrected chi connectivity index (χ4v) is 4.04.